The van der Waals surface area contributed by atoms with Crippen LogP contribution >= 0.6 is 0 Å². The Morgan fingerprint density at radius 2 is 2.38 bits per heavy atom. The van der Waals surface area contributed by atoms with Gasteiger partial charge in [0.15, 0.2) is 0 Å². The molecule has 0 spiro atoms. The Balaban J connectivity index is 2.50. The Labute approximate surface area is 96.6 Å². The number of carbonyl (C=O) groups is 1. The predicted octanol–water partition coefficient (Wildman–Crippen LogP) is -0.276. The highest BCUT2D eigenvalue weighted by Gasteiger charge is 2.27. The third-order valence-corrected chi connectivity index (χ3v) is 3.16. The zero-order valence-corrected chi connectivity index (χ0v) is 9.89. The molecule has 5 heteroatoms. The smallest absolute Gasteiger partial charge is 0.225 e. The summed E-state index contributed by atoms with van der Waals surface area (Å²) in [6.45, 7) is 1.14. The molecule has 1 amide bonds. The minimum Gasteiger partial charge on any atom is -0.394 e. The van der Waals surface area contributed by atoms with Crippen molar-refractivity contribution in [2.24, 2.45) is 5.73 Å². The van der Waals surface area contributed by atoms with Gasteiger partial charge in [0, 0.05) is 20.2 Å². The molecule has 0 aromatic carbocycles. The lowest BCUT2D eigenvalue weighted by molar-refractivity contribution is -0.138. The monoisotopic (exact) mass is 230 g/mol. The standard InChI is InChI=1S/C11H22N2O3/c1-16-10(7-12)6-11(15)13-5-3-2-4-9(13)8-14/h9-10,14H,2-8,12H2,1H3. The Kier molecular flexibility index (Phi) is 5.73. The van der Waals surface area contributed by atoms with Gasteiger partial charge < -0.3 is 20.5 Å². The summed E-state index contributed by atoms with van der Waals surface area (Å²) in [5, 5.41) is 9.21. The maximum atomic E-state index is 12.0. The molecule has 16 heavy (non-hydrogen) atoms. The molecule has 1 fully saturated rings. The average Bonchev–Trinajstić information content (AvgIpc) is 2.35. The lowest BCUT2D eigenvalue weighted by Crippen LogP contribution is -2.47. The molecule has 5 nitrogen and oxygen atoms in total. The van der Waals surface area contributed by atoms with Crippen LogP contribution in [-0.4, -0.2) is 54.9 Å². The number of aliphatic hydroxyl groups excluding tert-OH is 1. The summed E-state index contributed by atoms with van der Waals surface area (Å²) in [6.07, 6.45) is 3.09. The second kappa shape index (κ2) is 6.83. The lowest BCUT2D eigenvalue weighted by atomic mass is 10.0. The molecule has 1 heterocycles. The highest BCUT2D eigenvalue weighted by atomic mass is 16.5. The van der Waals surface area contributed by atoms with E-state index < -0.39 is 0 Å². The number of rotatable bonds is 5. The quantitative estimate of drug-likeness (QED) is 0.681. The molecule has 2 atom stereocenters. The van der Waals surface area contributed by atoms with Crippen molar-refractivity contribution < 1.29 is 14.6 Å². The van der Waals surface area contributed by atoms with Gasteiger partial charge in [-0.2, -0.15) is 0 Å². The molecule has 1 aliphatic heterocycles. The Morgan fingerprint density at radius 3 is 2.94 bits per heavy atom. The summed E-state index contributed by atoms with van der Waals surface area (Å²) in [5.74, 6) is 0.0380. The number of aliphatic hydroxyl groups is 1. The van der Waals surface area contributed by atoms with Gasteiger partial charge in [0.1, 0.15) is 0 Å². The Hall–Kier alpha value is -0.650. The summed E-state index contributed by atoms with van der Waals surface area (Å²) in [4.78, 5) is 13.7. The van der Waals surface area contributed by atoms with Crippen LogP contribution in [0, 0.1) is 0 Å². The first-order chi connectivity index (χ1) is 7.72. The van der Waals surface area contributed by atoms with E-state index in [1.807, 2.05) is 0 Å². The van der Waals surface area contributed by atoms with Crippen molar-refractivity contribution in [1.82, 2.24) is 4.90 Å². The fourth-order valence-electron chi connectivity index (χ4n) is 2.09. The summed E-state index contributed by atoms with van der Waals surface area (Å²) in [6, 6.07) is -0.0171. The van der Waals surface area contributed by atoms with Crippen LogP contribution in [-0.2, 0) is 9.53 Å². The van der Waals surface area contributed by atoms with E-state index in [9.17, 15) is 9.90 Å². The summed E-state index contributed by atoms with van der Waals surface area (Å²) in [5.41, 5.74) is 5.48. The van der Waals surface area contributed by atoms with Crippen LogP contribution in [0.4, 0.5) is 0 Å². The van der Waals surface area contributed by atoms with Crippen molar-refractivity contribution in [3.63, 3.8) is 0 Å². The van der Waals surface area contributed by atoms with Crippen molar-refractivity contribution >= 4 is 5.91 Å². The van der Waals surface area contributed by atoms with Gasteiger partial charge in [0.25, 0.3) is 0 Å². The molecule has 0 saturated carbocycles. The molecule has 2 unspecified atom stereocenters. The average molecular weight is 230 g/mol. The molecule has 1 saturated heterocycles. The van der Waals surface area contributed by atoms with E-state index in [-0.39, 0.29) is 24.7 Å². The van der Waals surface area contributed by atoms with Gasteiger partial charge in [0.05, 0.1) is 25.2 Å². The van der Waals surface area contributed by atoms with E-state index in [1.165, 1.54) is 0 Å². The van der Waals surface area contributed by atoms with E-state index >= 15 is 0 Å². The zero-order chi connectivity index (χ0) is 12.0. The van der Waals surface area contributed by atoms with E-state index in [0.29, 0.717) is 13.0 Å². The summed E-state index contributed by atoms with van der Waals surface area (Å²) < 4.78 is 5.09. The zero-order valence-electron chi connectivity index (χ0n) is 9.89. The highest BCUT2D eigenvalue weighted by molar-refractivity contribution is 5.77. The van der Waals surface area contributed by atoms with Gasteiger partial charge in [-0.15, -0.1) is 0 Å². The molecule has 0 aromatic rings. The number of nitrogens with two attached hydrogens (primary N) is 1. The van der Waals surface area contributed by atoms with Crippen molar-refractivity contribution in [3.05, 3.63) is 0 Å². The molecule has 1 aliphatic rings. The second-order valence-electron chi connectivity index (χ2n) is 4.22. The summed E-state index contributed by atoms with van der Waals surface area (Å²) in [7, 11) is 1.56. The Bertz CT molecular complexity index is 219. The van der Waals surface area contributed by atoms with Crippen molar-refractivity contribution in [2.45, 2.75) is 37.8 Å². The van der Waals surface area contributed by atoms with Gasteiger partial charge in [-0.3, -0.25) is 4.79 Å². The SMILES string of the molecule is COC(CN)CC(=O)N1CCCCC1CO. The first-order valence-electron chi connectivity index (χ1n) is 5.86. The van der Waals surface area contributed by atoms with Crippen LogP contribution in [0.3, 0.4) is 0 Å². The van der Waals surface area contributed by atoms with Crippen molar-refractivity contribution in [3.8, 4) is 0 Å². The number of hydrogen-bond acceptors (Lipinski definition) is 4. The highest BCUT2D eigenvalue weighted by Crippen LogP contribution is 2.18. The molecule has 0 aliphatic carbocycles. The first-order valence-corrected chi connectivity index (χ1v) is 5.86. The molecule has 3 N–H and O–H groups in total. The minimum absolute atomic E-state index is 0.0171. The van der Waals surface area contributed by atoms with Crippen molar-refractivity contribution in [1.29, 1.82) is 0 Å². The van der Waals surface area contributed by atoms with Crippen molar-refractivity contribution in [2.75, 3.05) is 26.8 Å². The normalized spacial score (nSPS) is 23.2. The fraction of sp³-hybridized carbons (Fsp3) is 0.909. The van der Waals surface area contributed by atoms with Crippen LogP contribution in [0.1, 0.15) is 25.7 Å². The topological polar surface area (TPSA) is 75.8 Å². The number of piperidine rings is 1. The fourth-order valence-corrected chi connectivity index (χ4v) is 2.09. The van der Waals surface area contributed by atoms with E-state index in [0.717, 1.165) is 25.8 Å². The van der Waals surface area contributed by atoms with Crippen LogP contribution in [0.2, 0.25) is 0 Å². The minimum atomic E-state index is -0.214. The molecule has 0 aromatic heterocycles. The maximum Gasteiger partial charge on any atom is 0.225 e. The number of carbonyl (C=O) groups excluding carboxylic acids is 1. The van der Waals surface area contributed by atoms with Gasteiger partial charge >= 0.3 is 0 Å². The molecule has 0 bridgehead atoms. The molecular formula is C11H22N2O3. The maximum absolute atomic E-state index is 12.0. The van der Waals surface area contributed by atoms with Gasteiger partial charge in [-0.1, -0.05) is 0 Å². The molecular weight excluding hydrogens is 208 g/mol. The lowest BCUT2D eigenvalue weighted by Gasteiger charge is -2.35. The number of methoxy groups -OCH3 is 1. The van der Waals surface area contributed by atoms with Crippen LogP contribution < -0.4 is 5.73 Å². The largest absolute Gasteiger partial charge is 0.394 e. The van der Waals surface area contributed by atoms with Gasteiger partial charge in [-0.05, 0) is 19.3 Å². The van der Waals surface area contributed by atoms with E-state index in [2.05, 4.69) is 0 Å². The number of likely N-dealkylation sites (tertiary alicyclic amines) is 1. The Morgan fingerprint density at radius 1 is 1.62 bits per heavy atom. The molecule has 94 valence electrons. The third-order valence-electron chi connectivity index (χ3n) is 3.16. The number of amides is 1. The van der Waals surface area contributed by atoms with Gasteiger partial charge in [0.2, 0.25) is 5.91 Å². The molecule has 0 radical (unpaired) electrons. The van der Waals surface area contributed by atoms with E-state index in [4.69, 9.17) is 10.5 Å². The molecule has 1 rings (SSSR count). The van der Waals surface area contributed by atoms with E-state index in [1.54, 1.807) is 12.0 Å². The predicted molar refractivity (Wildman–Crippen MR) is 60.9 cm³/mol. The van der Waals surface area contributed by atoms with Gasteiger partial charge in [-0.25, -0.2) is 0 Å². The first kappa shape index (κ1) is 13.4. The second-order valence-corrected chi connectivity index (χ2v) is 4.22. The van der Waals surface area contributed by atoms with Crippen LogP contribution in [0.15, 0.2) is 0 Å². The number of nitrogens with zero attached hydrogens (tertiary/aromatic N) is 1. The number of hydrogen-bond donors (Lipinski definition) is 2. The van der Waals surface area contributed by atoms with Crippen LogP contribution in [0.25, 0.3) is 0 Å². The third kappa shape index (κ3) is 3.43. The number of ether oxygens (including phenoxy) is 1. The summed E-state index contributed by atoms with van der Waals surface area (Å²) >= 11 is 0. The van der Waals surface area contributed by atoms with Crippen LogP contribution in [0.5, 0.6) is 0 Å².